The third kappa shape index (κ3) is 2.74. The molecule has 19 heavy (non-hydrogen) atoms. The Morgan fingerprint density at radius 1 is 0.842 bits per heavy atom. The minimum Gasteiger partial charge on any atom is -0.268 e. The molecule has 0 bridgehead atoms. The third-order valence-electron chi connectivity index (χ3n) is 3.18. The fourth-order valence-corrected chi connectivity index (χ4v) is 2.17. The Morgan fingerprint density at radius 3 is 2.16 bits per heavy atom. The van der Waals surface area contributed by atoms with Crippen LogP contribution in [0.15, 0.2) is 66.9 Å². The van der Waals surface area contributed by atoms with Gasteiger partial charge in [-0.15, -0.1) is 0 Å². The van der Waals surface area contributed by atoms with Gasteiger partial charge >= 0.3 is 0 Å². The third-order valence-corrected chi connectivity index (χ3v) is 3.18. The average molecular weight is 248 g/mol. The molecule has 0 saturated carbocycles. The first-order valence-electron chi connectivity index (χ1n) is 6.46. The van der Waals surface area contributed by atoms with E-state index in [-0.39, 0.29) is 0 Å². The number of benzene rings is 2. The summed E-state index contributed by atoms with van der Waals surface area (Å²) in [4.78, 5) is 0. The number of nitrogens with zero attached hydrogens (tertiary/aromatic N) is 2. The van der Waals surface area contributed by atoms with E-state index in [4.69, 9.17) is 0 Å². The molecule has 0 aliphatic carbocycles. The van der Waals surface area contributed by atoms with Gasteiger partial charge in [0.05, 0.1) is 12.2 Å². The monoisotopic (exact) mass is 248 g/mol. The zero-order valence-corrected chi connectivity index (χ0v) is 11.0. The summed E-state index contributed by atoms with van der Waals surface area (Å²) >= 11 is 0. The van der Waals surface area contributed by atoms with Crippen molar-refractivity contribution in [3.63, 3.8) is 0 Å². The Labute approximate surface area is 113 Å². The quantitative estimate of drug-likeness (QED) is 0.687. The fourth-order valence-electron chi connectivity index (χ4n) is 2.17. The molecular weight excluding hydrogens is 232 g/mol. The molecule has 0 atom stereocenters. The van der Waals surface area contributed by atoms with Crippen LogP contribution in [0.3, 0.4) is 0 Å². The van der Waals surface area contributed by atoms with Gasteiger partial charge in [0.15, 0.2) is 0 Å². The second-order valence-corrected chi connectivity index (χ2v) is 4.72. The maximum Gasteiger partial charge on any atom is 0.0659 e. The van der Waals surface area contributed by atoms with Gasteiger partial charge in [-0.2, -0.15) is 5.10 Å². The second kappa shape index (κ2) is 5.11. The Balaban J connectivity index is 1.79. The molecule has 0 spiro atoms. The van der Waals surface area contributed by atoms with Gasteiger partial charge in [-0.1, -0.05) is 54.6 Å². The van der Waals surface area contributed by atoms with Crippen molar-refractivity contribution in [1.82, 2.24) is 9.78 Å². The van der Waals surface area contributed by atoms with Crippen molar-refractivity contribution in [2.24, 2.45) is 0 Å². The summed E-state index contributed by atoms with van der Waals surface area (Å²) in [6.45, 7) is 2.83. The number of hydrogen-bond acceptors (Lipinski definition) is 1. The van der Waals surface area contributed by atoms with Crippen LogP contribution in [0.4, 0.5) is 0 Å². The standard InChI is InChI=1S/C17H16N2/c1-14-11-12-19(18-14)13-15-7-9-17(10-8-15)16-5-3-2-4-6-16/h2-12H,13H2,1H3. The van der Waals surface area contributed by atoms with E-state index in [0.29, 0.717) is 0 Å². The van der Waals surface area contributed by atoms with Gasteiger partial charge in [-0.3, -0.25) is 4.68 Å². The summed E-state index contributed by atoms with van der Waals surface area (Å²) in [5.74, 6) is 0. The van der Waals surface area contributed by atoms with Crippen molar-refractivity contribution >= 4 is 0 Å². The van der Waals surface area contributed by atoms with Crippen molar-refractivity contribution in [2.75, 3.05) is 0 Å². The molecular formula is C17H16N2. The molecule has 0 N–H and O–H groups in total. The number of aromatic nitrogens is 2. The summed E-state index contributed by atoms with van der Waals surface area (Å²) in [5.41, 5.74) is 4.83. The van der Waals surface area contributed by atoms with Crippen LogP contribution in [0, 0.1) is 6.92 Å². The minimum absolute atomic E-state index is 0.822. The van der Waals surface area contributed by atoms with Gasteiger partial charge in [-0.25, -0.2) is 0 Å². The molecule has 0 radical (unpaired) electrons. The highest BCUT2D eigenvalue weighted by atomic mass is 15.3. The van der Waals surface area contributed by atoms with Crippen LogP contribution in [0.2, 0.25) is 0 Å². The van der Waals surface area contributed by atoms with E-state index in [1.54, 1.807) is 0 Å². The maximum absolute atomic E-state index is 4.40. The first kappa shape index (κ1) is 11.7. The first-order chi connectivity index (χ1) is 9.31. The Bertz CT molecular complexity index is 651. The van der Waals surface area contributed by atoms with Crippen molar-refractivity contribution in [3.8, 4) is 11.1 Å². The van der Waals surface area contributed by atoms with E-state index in [9.17, 15) is 0 Å². The number of aryl methyl sites for hydroxylation is 1. The molecule has 3 rings (SSSR count). The summed E-state index contributed by atoms with van der Waals surface area (Å²) in [7, 11) is 0. The summed E-state index contributed by atoms with van der Waals surface area (Å²) < 4.78 is 1.97. The van der Waals surface area contributed by atoms with E-state index >= 15 is 0 Å². The van der Waals surface area contributed by atoms with Crippen LogP contribution >= 0.6 is 0 Å². The van der Waals surface area contributed by atoms with E-state index in [1.807, 2.05) is 29.9 Å². The first-order valence-corrected chi connectivity index (χ1v) is 6.46. The van der Waals surface area contributed by atoms with Crippen LogP contribution in [0.5, 0.6) is 0 Å². The molecule has 2 heteroatoms. The second-order valence-electron chi connectivity index (χ2n) is 4.72. The number of rotatable bonds is 3. The van der Waals surface area contributed by atoms with E-state index < -0.39 is 0 Å². The largest absolute Gasteiger partial charge is 0.268 e. The molecule has 1 heterocycles. The highest BCUT2D eigenvalue weighted by molar-refractivity contribution is 5.63. The maximum atomic E-state index is 4.40. The van der Waals surface area contributed by atoms with Crippen LogP contribution in [0.25, 0.3) is 11.1 Å². The van der Waals surface area contributed by atoms with Gasteiger partial charge in [0.2, 0.25) is 0 Å². The SMILES string of the molecule is Cc1ccn(Cc2ccc(-c3ccccc3)cc2)n1. The van der Waals surface area contributed by atoms with Gasteiger partial charge in [0, 0.05) is 6.20 Å². The topological polar surface area (TPSA) is 17.8 Å². The van der Waals surface area contributed by atoms with Crippen LogP contribution in [-0.4, -0.2) is 9.78 Å². The van der Waals surface area contributed by atoms with E-state index in [0.717, 1.165) is 12.2 Å². The average Bonchev–Trinajstić information content (AvgIpc) is 2.86. The van der Waals surface area contributed by atoms with E-state index in [2.05, 4.69) is 53.6 Å². The van der Waals surface area contributed by atoms with Gasteiger partial charge < -0.3 is 0 Å². The van der Waals surface area contributed by atoms with Gasteiger partial charge in [0.1, 0.15) is 0 Å². The zero-order valence-electron chi connectivity index (χ0n) is 11.0. The van der Waals surface area contributed by atoms with Crippen molar-refractivity contribution < 1.29 is 0 Å². The molecule has 2 nitrogen and oxygen atoms in total. The highest BCUT2D eigenvalue weighted by Gasteiger charge is 1.99. The Morgan fingerprint density at radius 2 is 1.53 bits per heavy atom. The van der Waals surface area contributed by atoms with Crippen molar-refractivity contribution in [3.05, 3.63) is 78.1 Å². The molecule has 0 saturated heterocycles. The molecule has 0 aliphatic heterocycles. The molecule has 3 aromatic rings. The molecule has 0 aliphatic rings. The predicted molar refractivity (Wildman–Crippen MR) is 77.9 cm³/mol. The normalized spacial score (nSPS) is 10.6. The molecule has 94 valence electrons. The van der Waals surface area contributed by atoms with Crippen LogP contribution < -0.4 is 0 Å². The molecule has 0 fully saturated rings. The molecule has 1 aromatic heterocycles. The van der Waals surface area contributed by atoms with Gasteiger partial charge in [-0.05, 0) is 29.7 Å². The lowest BCUT2D eigenvalue weighted by atomic mass is 10.0. The zero-order chi connectivity index (χ0) is 13.1. The number of hydrogen-bond donors (Lipinski definition) is 0. The summed E-state index contributed by atoms with van der Waals surface area (Å²) in [5, 5.41) is 4.40. The molecule has 0 unspecified atom stereocenters. The Hall–Kier alpha value is -2.35. The van der Waals surface area contributed by atoms with Gasteiger partial charge in [0.25, 0.3) is 0 Å². The predicted octanol–water partition coefficient (Wildman–Crippen LogP) is 3.91. The van der Waals surface area contributed by atoms with E-state index in [1.165, 1.54) is 16.7 Å². The summed E-state index contributed by atoms with van der Waals surface area (Å²) in [6, 6.07) is 21.1. The van der Waals surface area contributed by atoms with Crippen molar-refractivity contribution in [1.29, 1.82) is 0 Å². The fraction of sp³-hybridized carbons (Fsp3) is 0.118. The Kier molecular flexibility index (Phi) is 3.15. The molecule has 2 aromatic carbocycles. The molecule has 0 amide bonds. The lowest BCUT2D eigenvalue weighted by Gasteiger charge is -2.05. The van der Waals surface area contributed by atoms with Crippen LogP contribution in [-0.2, 0) is 6.54 Å². The summed E-state index contributed by atoms with van der Waals surface area (Å²) in [6.07, 6.45) is 2.01. The lowest BCUT2D eigenvalue weighted by molar-refractivity contribution is 0.679. The highest BCUT2D eigenvalue weighted by Crippen LogP contribution is 2.19. The smallest absolute Gasteiger partial charge is 0.0659 e. The minimum atomic E-state index is 0.822. The van der Waals surface area contributed by atoms with Crippen molar-refractivity contribution in [2.45, 2.75) is 13.5 Å². The lowest BCUT2D eigenvalue weighted by Crippen LogP contribution is -2.00. The van der Waals surface area contributed by atoms with Crippen LogP contribution in [0.1, 0.15) is 11.3 Å².